The van der Waals surface area contributed by atoms with Gasteiger partial charge in [0.25, 0.3) is 0 Å². The van der Waals surface area contributed by atoms with Crippen molar-refractivity contribution in [3.8, 4) is 0 Å². The third kappa shape index (κ3) is 8.14. The molecule has 1 aromatic heterocycles. The SMILES string of the molecule is CN=C(NCCCOCCOC)NCCc1cccs1. The summed E-state index contributed by atoms with van der Waals surface area (Å²) >= 11 is 1.79. The molecule has 0 radical (unpaired) electrons. The second kappa shape index (κ2) is 11.7. The first-order valence-corrected chi connectivity index (χ1v) is 7.78. The van der Waals surface area contributed by atoms with Crippen LogP contribution in [0.2, 0.25) is 0 Å². The van der Waals surface area contributed by atoms with Crippen LogP contribution in [0.3, 0.4) is 0 Å². The molecule has 1 rings (SSSR count). The maximum absolute atomic E-state index is 5.40. The standard InChI is InChI=1S/C14H25N3O2S/c1-15-14(16-7-4-9-19-11-10-18-2)17-8-6-13-5-3-12-20-13/h3,5,12H,4,6-11H2,1-2H3,(H2,15,16,17). The van der Waals surface area contributed by atoms with Crippen molar-refractivity contribution >= 4 is 17.3 Å². The summed E-state index contributed by atoms with van der Waals surface area (Å²) in [5.74, 6) is 0.846. The fraction of sp³-hybridized carbons (Fsp3) is 0.643. The van der Waals surface area contributed by atoms with Gasteiger partial charge in [-0.2, -0.15) is 0 Å². The van der Waals surface area contributed by atoms with Gasteiger partial charge in [-0.25, -0.2) is 0 Å². The molecule has 0 aromatic carbocycles. The van der Waals surface area contributed by atoms with E-state index in [-0.39, 0.29) is 0 Å². The minimum atomic E-state index is 0.652. The molecule has 0 unspecified atom stereocenters. The van der Waals surface area contributed by atoms with E-state index in [9.17, 15) is 0 Å². The lowest BCUT2D eigenvalue weighted by Crippen LogP contribution is -2.38. The van der Waals surface area contributed by atoms with Crippen molar-refractivity contribution in [3.05, 3.63) is 22.4 Å². The zero-order valence-electron chi connectivity index (χ0n) is 12.4. The Morgan fingerprint density at radius 3 is 2.80 bits per heavy atom. The monoisotopic (exact) mass is 299 g/mol. The van der Waals surface area contributed by atoms with E-state index in [1.807, 2.05) is 0 Å². The van der Waals surface area contributed by atoms with Crippen molar-refractivity contribution in [1.82, 2.24) is 10.6 Å². The number of methoxy groups -OCH3 is 1. The summed E-state index contributed by atoms with van der Waals surface area (Å²) in [6, 6.07) is 4.23. The van der Waals surface area contributed by atoms with Crippen LogP contribution in [0, 0.1) is 0 Å². The van der Waals surface area contributed by atoms with Gasteiger partial charge < -0.3 is 20.1 Å². The second-order valence-electron chi connectivity index (χ2n) is 4.21. The van der Waals surface area contributed by atoms with Crippen molar-refractivity contribution in [2.45, 2.75) is 12.8 Å². The maximum Gasteiger partial charge on any atom is 0.190 e. The van der Waals surface area contributed by atoms with E-state index in [0.717, 1.165) is 38.5 Å². The van der Waals surface area contributed by atoms with Gasteiger partial charge in [0.05, 0.1) is 13.2 Å². The van der Waals surface area contributed by atoms with Gasteiger partial charge in [0.1, 0.15) is 0 Å². The molecule has 0 amide bonds. The van der Waals surface area contributed by atoms with Crippen LogP contribution in [-0.2, 0) is 15.9 Å². The summed E-state index contributed by atoms with van der Waals surface area (Å²) in [7, 11) is 3.46. The fourth-order valence-corrected chi connectivity index (χ4v) is 2.31. The highest BCUT2D eigenvalue weighted by Crippen LogP contribution is 2.07. The van der Waals surface area contributed by atoms with Crippen molar-refractivity contribution in [2.75, 3.05) is 47.1 Å². The predicted octanol–water partition coefficient (Wildman–Crippen LogP) is 1.51. The van der Waals surface area contributed by atoms with Crippen LogP contribution in [0.15, 0.2) is 22.5 Å². The molecule has 1 heterocycles. The van der Waals surface area contributed by atoms with Gasteiger partial charge in [-0.15, -0.1) is 11.3 Å². The fourth-order valence-electron chi connectivity index (χ4n) is 1.60. The number of rotatable bonds is 10. The van der Waals surface area contributed by atoms with Crippen LogP contribution in [0.1, 0.15) is 11.3 Å². The van der Waals surface area contributed by atoms with E-state index in [0.29, 0.717) is 13.2 Å². The highest BCUT2D eigenvalue weighted by atomic mass is 32.1. The molecule has 0 atom stereocenters. The van der Waals surface area contributed by atoms with E-state index in [4.69, 9.17) is 9.47 Å². The van der Waals surface area contributed by atoms with Gasteiger partial charge in [-0.3, -0.25) is 4.99 Å². The first kappa shape index (κ1) is 16.9. The van der Waals surface area contributed by atoms with Crippen LogP contribution in [0.4, 0.5) is 0 Å². The van der Waals surface area contributed by atoms with Gasteiger partial charge in [0.2, 0.25) is 0 Å². The Kier molecular flexibility index (Phi) is 9.91. The predicted molar refractivity (Wildman–Crippen MR) is 84.7 cm³/mol. The van der Waals surface area contributed by atoms with E-state index >= 15 is 0 Å². The summed E-state index contributed by atoms with van der Waals surface area (Å²) in [5.41, 5.74) is 0. The number of ether oxygens (including phenoxy) is 2. The number of thiophene rings is 1. The van der Waals surface area contributed by atoms with Gasteiger partial charge in [-0.05, 0) is 24.3 Å². The van der Waals surface area contributed by atoms with Gasteiger partial charge >= 0.3 is 0 Å². The van der Waals surface area contributed by atoms with Gasteiger partial charge in [0, 0.05) is 38.7 Å². The molecule has 20 heavy (non-hydrogen) atoms. The van der Waals surface area contributed by atoms with Gasteiger partial charge in [-0.1, -0.05) is 6.07 Å². The third-order valence-corrected chi connectivity index (χ3v) is 3.59. The minimum Gasteiger partial charge on any atom is -0.382 e. The van der Waals surface area contributed by atoms with Crippen LogP contribution in [-0.4, -0.2) is 53.0 Å². The largest absolute Gasteiger partial charge is 0.382 e. The maximum atomic E-state index is 5.40. The summed E-state index contributed by atoms with van der Waals surface area (Å²) in [6.07, 6.45) is 1.98. The number of nitrogens with zero attached hydrogens (tertiary/aromatic N) is 1. The van der Waals surface area contributed by atoms with Crippen molar-refractivity contribution in [3.63, 3.8) is 0 Å². The molecule has 0 aliphatic carbocycles. The Balaban J connectivity index is 1.99. The second-order valence-corrected chi connectivity index (χ2v) is 5.25. The summed E-state index contributed by atoms with van der Waals surface area (Å²) in [4.78, 5) is 5.58. The lowest BCUT2D eigenvalue weighted by molar-refractivity contribution is 0.0698. The summed E-state index contributed by atoms with van der Waals surface area (Å²) in [6.45, 7) is 3.79. The quantitative estimate of drug-likeness (QED) is 0.391. The molecule has 0 spiro atoms. The van der Waals surface area contributed by atoms with E-state index < -0.39 is 0 Å². The Morgan fingerprint density at radius 1 is 1.25 bits per heavy atom. The minimum absolute atomic E-state index is 0.652. The van der Waals surface area contributed by atoms with Crippen molar-refractivity contribution in [1.29, 1.82) is 0 Å². The Bertz CT molecular complexity index is 355. The molecule has 0 bridgehead atoms. The molecule has 5 nitrogen and oxygen atoms in total. The highest BCUT2D eigenvalue weighted by molar-refractivity contribution is 7.09. The molecule has 0 saturated carbocycles. The molecular weight excluding hydrogens is 274 g/mol. The Hall–Kier alpha value is -1.11. The number of nitrogens with one attached hydrogen (secondary N) is 2. The highest BCUT2D eigenvalue weighted by Gasteiger charge is 1.98. The molecule has 0 aliphatic rings. The molecular formula is C14H25N3O2S. The topological polar surface area (TPSA) is 54.9 Å². The molecule has 1 aromatic rings. The van der Waals surface area contributed by atoms with Crippen molar-refractivity contribution in [2.24, 2.45) is 4.99 Å². The lowest BCUT2D eigenvalue weighted by atomic mass is 10.3. The number of hydrogen-bond donors (Lipinski definition) is 2. The summed E-state index contributed by atoms with van der Waals surface area (Å²) < 4.78 is 10.3. The van der Waals surface area contributed by atoms with Crippen LogP contribution in [0.5, 0.6) is 0 Å². The molecule has 6 heteroatoms. The zero-order chi connectivity index (χ0) is 14.5. The van der Waals surface area contributed by atoms with E-state index in [2.05, 4.69) is 33.1 Å². The van der Waals surface area contributed by atoms with E-state index in [1.54, 1.807) is 25.5 Å². The number of aliphatic imine (C=N–C) groups is 1. The average Bonchev–Trinajstić information content (AvgIpc) is 2.97. The molecule has 0 saturated heterocycles. The first-order valence-electron chi connectivity index (χ1n) is 6.90. The lowest BCUT2D eigenvalue weighted by Gasteiger charge is -2.11. The average molecular weight is 299 g/mol. The van der Waals surface area contributed by atoms with Crippen LogP contribution < -0.4 is 10.6 Å². The number of hydrogen-bond acceptors (Lipinski definition) is 4. The van der Waals surface area contributed by atoms with Gasteiger partial charge in [0.15, 0.2) is 5.96 Å². The van der Waals surface area contributed by atoms with E-state index in [1.165, 1.54) is 4.88 Å². The zero-order valence-corrected chi connectivity index (χ0v) is 13.2. The third-order valence-electron chi connectivity index (χ3n) is 2.66. The normalized spacial score (nSPS) is 11.6. The molecule has 2 N–H and O–H groups in total. The first-order chi connectivity index (χ1) is 9.86. The smallest absolute Gasteiger partial charge is 0.190 e. The number of guanidine groups is 1. The molecule has 0 aliphatic heterocycles. The Labute approximate surface area is 125 Å². The molecule has 0 fully saturated rings. The van der Waals surface area contributed by atoms with Crippen molar-refractivity contribution < 1.29 is 9.47 Å². The molecule has 114 valence electrons. The van der Waals surface area contributed by atoms with Crippen LogP contribution >= 0.6 is 11.3 Å². The summed E-state index contributed by atoms with van der Waals surface area (Å²) in [5, 5.41) is 8.68. The Morgan fingerprint density at radius 2 is 2.10 bits per heavy atom. The van der Waals surface area contributed by atoms with Crippen LogP contribution in [0.25, 0.3) is 0 Å².